The number of hydrogen-bond donors (Lipinski definition) is 2. The predicted octanol–water partition coefficient (Wildman–Crippen LogP) is 7.18. The van der Waals surface area contributed by atoms with Crippen molar-refractivity contribution in [2.75, 3.05) is 6.61 Å². The quantitative estimate of drug-likeness (QED) is 0.320. The van der Waals surface area contributed by atoms with Crippen molar-refractivity contribution in [3.8, 4) is 0 Å². The van der Waals surface area contributed by atoms with Crippen LogP contribution >= 0.6 is 0 Å². The molecule has 0 atom stereocenters. The average Bonchev–Trinajstić information content (AvgIpc) is 3.49. The second-order valence-electron chi connectivity index (χ2n) is 8.07. The summed E-state index contributed by atoms with van der Waals surface area (Å²) >= 11 is 0. The van der Waals surface area contributed by atoms with E-state index in [1.165, 1.54) is 63.5 Å². The van der Waals surface area contributed by atoms with E-state index in [0.717, 1.165) is 35.0 Å². The zero-order chi connectivity index (χ0) is 21.0. The molecule has 3 rings (SSSR count). The Morgan fingerprint density at radius 2 is 1.70 bits per heavy atom. The largest absolute Gasteiger partial charge is 0.492 e. The zero-order valence-corrected chi connectivity index (χ0v) is 18.7. The summed E-state index contributed by atoms with van der Waals surface area (Å²) in [6, 6.07) is 8.35. The Morgan fingerprint density at radius 3 is 2.40 bits per heavy atom. The van der Waals surface area contributed by atoms with E-state index < -0.39 is 0 Å². The van der Waals surface area contributed by atoms with Gasteiger partial charge >= 0.3 is 0 Å². The standard InChI is InChI=1S/C26H37N3O/c1-3-5-6-7-8-9-10-11-12-14-21-16-17-22(28-21)19-25-26(30-4-2)20-24(29-25)23-15-13-18-27-23/h13,15-20,27-28H,3-12,14H2,1-2H3/b25-19+. The molecular weight excluding hydrogens is 370 g/mol. The molecule has 4 nitrogen and oxygen atoms in total. The van der Waals surface area contributed by atoms with Gasteiger partial charge in [-0.15, -0.1) is 0 Å². The maximum Gasteiger partial charge on any atom is 0.147 e. The smallest absolute Gasteiger partial charge is 0.147 e. The first kappa shape index (κ1) is 22.2. The summed E-state index contributed by atoms with van der Waals surface area (Å²) in [5, 5.41) is 0. The summed E-state index contributed by atoms with van der Waals surface area (Å²) in [5.41, 5.74) is 5.18. The Hall–Kier alpha value is -2.49. The maximum absolute atomic E-state index is 5.81. The normalized spacial score (nSPS) is 14.9. The molecule has 30 heavy (non-hydrogen) atoms. The van der Waals surface area contributed by atoms with Crippen LogP contribution in [0.4, 0.5) is 0 Å². The van der Waals surface area contributed by atoms with Crippen molar-refractivity contribution in [1.29, 1.82) is 0 Å². The van der Waals surface area contributed by atoms with Crippen LogP contribution in [0.25, 0.3) is 6.08 Å². The van der Waals surface area contributed by atoms with Crippen LogP contribution in [0.3, 0.4) is 0 Å². The highest BCUT2D eigenvalue weighted by Gasteiger charge is 2.17. The molecule has 0 unspecified atom stereocenters. The van der Waals surface area contributed by atoms with Gasteiger partial charge in [-0.25, -0.2) is 4.99 Å². The van der Waals surface area contributed by atoms with E-state index in [1.54, 1.807) is 0 Å². The van der Waals surface area contributed by atoms with E-state index in [4.69, 9.17) is 9.73 Å². The number of aryl methyl sites for hydroxylation is 1. The van der Waals surface area contributed by atoms with Crippen LogP contribution in [-0.2, 0) is 11.2 Å². The molecule has 0 amide bonds. The van der Waals surface area contributed by atoms with Gasteiger partial charge in [-0.05, 0) is 50.1 Å². The van der Waals surface area contributed by atoms with Gasteiger partial charge in [-0.3, -0.25) is 0 Å². The molecule has 4 heteroatoms. The topological polar surface area (TPSA) is 53.2 Å². The van der Waals surface area contributed by atoms with Crippen LogP contribution < -0.4 is 0 Å². The third-order valence-corrected chi connectivity index (χ3v) is 5.55. The van der Waals surface area contributed by atoms with E-state index >= 15 is 0 Å². The van der Waals surface area contributed by atoms with E-state index in [9.17, 15) is 0 Å². The SMILES string of the molecule is CCCCCCCCCCCc1ccc(/C=C2/N=C(c3ccc[nH]3)C=C2OCC)[nH]1. The number of nitrogens with one attached hydrogen (secondary N) is 2. The Balaban J connectivity index is 1.47. The number of nitrogens with zero attached hydrogens (tertiary/aromatic N) is 1. The number of aromatic nitrogens is 2. The van der Waals surface area contributed by atoms with Gasteiger partial charge in [0.2, 0.25) is 0 Å². The Labute approximate surface area is 181 Å². The first-order valence-electron chi connectivity index (χ1n) is 11.8. The van der Waals surface area contributed by atoms with Crippen molar-refractivity contribution in [3.63, 3.8) is 0 Å². The molecule has 0 saturated heterocycles. The minimum Gasteiger partial charge on any atom is -0.492 e. The van der Waals surface area contributed by atoms with Crippen LogP contribution in [0.15, 0.2) is 53.0 Å². The molecule has 3 heterocycles. The van der Waals surface area contributed by atoms with Gasteiger partial charge in [-0.1, -0.05) is 58.3 Å². The lowest BCUT2D eigenvalue weighted by Crippen LogP contribution is -1.94. The fourth-order valence-corrected chi connectivity index (χ4v) is 3.88. The van der Waals surface area contributed by atoms with E-state index in [2.05, 4.69) is 35.1 Å². The molecule has 2 N–H and O–H groups in total. The average molecular weight is 408 g/mol. The second-order valence-corrected chi connectivity index (χ2v) is 8.07. The molecule has 0 spiro atoms. The summed E-state index contributed by atoms with van der Waals surface area (Å²) in [6.45, 7) is 4.91. The van der Waals surface area contributed by atoms with Crippen molar-refractivity contribution in [1.82, 2.24) is 9.97 Å². The summed E-state index contributed by atoms with van der Waals surface area (Å²) < 4.78 is 5.81. The van der Waals surface area contributed by atoms with Crippen LogP contribution in [0, 0.1) is 0 Å². The molecule has 1 aliphatic rings. The highest BCUT2D eigenvalue weighted by molar-refractivity contribution is 6.11. The van der Waals surface area contributed by atoms with Crippen LogP contribution in [-0.4, -0.2) is 22.3 Å². The second kappa shape index (κ2) is 12.3. The van der Waals surface area contributed by atoms with Gasteiger partial charge in [0.05, 0.1) is 18.0 Å². The minimum atomic E-state index is 0.630. The summed E-state index contributed by atoms with van der Waals surface area (Å²) in [7, 11) is 0. The summed E-state index contributed by atoms with van der Waals surface area (Å²) in [5.74, 6) is 0.831. The van der Waals surface area contributed by atoms with Crippen molar-refractivity contribution in [2.45, 2.75) is 78.1 Å². The van der Waals surface area contributed by atoms with Crippen LogP contribution in [0.2, 0.25) is 0 Å². The number of aliphatic imine (C=N–C) groups is 1. The number of rotatable bonds is 14. The van der Waals surface area contributed by atoms with Crippen molar-refractivity contribution in [2.24, 2.45) is 4.99 Å². The van der Waals surface area contributed by atoms with Gasteiger partial charge in [0.15, 0.2) is 0 Å². The minimum absolute atomic E-state index is 0.630. The number of unbranched alkanes of at least 4 members (excludes halogenated alkanes) is 8. The molecular formula is C26H37N3O. The summed E-state index contributed by atoms with van der Waals surface area (Å²) in [6.07, 6.45) is 19.4. The lowest BCUT2D eigenvalue weighted by atomic mass is 10.1. The van der Waals surface area contributed by atoms with Crippen LogP contribution in [0.5, 0.6) is 0 Å². The lowest BCUT2D eigenvalue weighted by Gasteiger charge is -2.04. The third-order valence-electron chi connectivity index (χ3n) is 5.55. The Bertz CT molecular complexity index is 840. The fraction of sp³-hybridized carbons (Fsp3) is 0.500. The number of aromatic amines is 2. The van der Waals surface area contributed by atoms with Crippen LogP contribution in [0.1, 0.15) is 88.7 Å². The molecule has 2 aromatic rings. The number of ether oxygens (including phenoxy) is 1. The Morgan fingerprint density at radius 1 is 0.933 bits per heavy atom. The Kier molecular flexibility index (Phi) is 9.07. The van der Waals surface area contributed by atoms with Crippen molar-refractivity contribution >= 4 is 11.8 Å². The zero-order valence-electron chi connectivity index (χ0n) is 18.7. The molecule has 162 valence electrons. The molecule has 1 aliphatic heterocycles. The molecule has 0 fully saturated rings. The fourth-order valence-electron chi connectivity index (χ4n) is 3.88. The molecule has 2 aromatic heterocycles. The molecule has 0 aliphatic carbocycles. The number of hydrogen-bond acceptors (Lipinski definition) is 2. The predicted molar refractivity (Wildman–Crippen MR) is 127 cm³/mol. The lowest BCUT2D eigenvalue weighted by molar-refractivity contribution is 0.239. The molecule has 0 saturated carbocycles. The van der Waals surface area contributed by atoms with Crippen molar-refractivity contribution in [3.05, 3.63) is 65.1 Å². The van der Waals surface area contributed by atoms with Gasteiger partial charge in [0.1, 0.15) is 11.5 Å². The first-order valence-corrected chi connectivity index (χ1v) is 11.8. The monoisotopic (exact) mass is 407 g/mol. The van der Waals surface area contributed by atoms with Gasteiger partial charge in [-0.2, -0.15) is 0 Å². The van der Waals surface area contributed by atoms with Gasteiger partial charge < -0.3 is 14.7 Å². The third kappa shape index (κ3) is 6.79. The highest BCUT2D eigenvalue weighted by Crippen LogP contribution is 2.25. The molecule has 0 bridgehead atoms. The van der Waals surface area contributed by atoms with Crippen molar-refractivity contribution < 1.29 is 4.74 Å². The highest BCUT2D eigenvalue weighted by atomic mass is 16.5. The van der Waals surface area contributed by atoms with Gasteiger partial charge in [0.25, 0.3) is 0 Å². The van der Waals surface area contributed by atoms with E-state index in [0.29, 0.717) is 6.61 Å². The van der Waals surface area contributed by atoms with E-state index in [1.807, 2.05) is 31.3 Å². The first-order chi connectivity index (χ1) is 14.8. The number of allylic oxidation sites excluding steroid dienone is 1. The number of H-pyrrole nitrogens is 2. The maximum atomic E-state index is 5.81. The summed E-state index contributed by atoms with van der Waals surface area (Å²) in [4.78, 5) is 11.5. The molecule has 0 aromatic carbocycles. The van der Waals surface area contributed by atoms with Gasteiger partial charge in [0, 0.05) is 23.7 Å². The molecule has 0 radical (unpaired) electrons. The van der Waals surface area contributed by atoms with E-state index in [-0.39, 0.29) is 0 Å².